The third kappa shape index (κ3) is 3.16. The van der Waals surface area contributed by atoms with E-state index in [2.05, 4.69) is 4.98 Å². The van der Waals surface area contributed by atoms with Crippen molar-refractivity contribution >= 4 is 17.2 Å². The number of pyridine rings is 1. The largest absolute Gasteiger partial charge is 0.472 e. The molecule has 2 saturated heterocycles. The molecule has 2 atom stereocenters. The third-order valence-electron chi connectivity index (χ3n) is 4.70. The molecule has 0 aromatic carbocycles. The summed E-state index contributed by atoms with van der Waals surface area (Å²) in [4.78, 5) is 18.7. The van der Waals surface area contributed by atoms with Crippen LogP contribution >= 0.6 is 11.3 Å². The standard InChI is InChI=1S/C18H20N2O3S/c21-17(14-5-9-24-12-14)20-8-3-6-18(13-20)10-15(11-22-18)23-16-4-1-2-7-19-16/h1-2,4-5,7,9,12,15H,3,6,8,10-11,13H2/t15-,18+/m1/s1. The predicted molar refractivity (Wildman–Crippen MR) is 91.4 cm³/mol. The van der Waals surface area contributed by atoms with Gasteiger partial charge < -0.3 is 14.4 Å². The summed E-state index contributed by atoms with van der Waals surface area (Å²) in [5.74, 6) is 0.734. The molecule has 24 heavy (non-hydrogen) atoms. The molecule has 0 unspecified atom stereocenters. The fourth-order valence-electron chi connectivity index (χ4n) is 3.59. The highest BCUT2D eigenvalue weighted by molar-refractivity contribution is 7.08. The van der Waals surface area contributed by atoms with Crippen LogP contribution in [0.4, 0.5) is 0 Å². The molecule has 0 radical (unpaired) electrons. The molecule has 2 aliphatic heterocycles. The summed E-state index contributed by atoms with van der Waals surface area (Å²) in [6.45, 7) is 1.99. The van der Waals surface area contributed by atoms with E-state index in [0.717, 1.165) is 31.4 Å². The van der Waals surface area contributed by atoms with Crippen molar-refractivity contribution in [2.75, 3.05) is 19.7 Å². The molecular weight excluding hydrogens is 324 g/mol. The lowest BCUT2D eigenvalue weighted by Crippen LogP contribution is -2.50. The van der Waals surface area contributed by atoms with E-state index in [1.165, 1.54) is 0 Å². The first-order valence-corrected chi connectivity index (χ1v) is 9.22. The van der Waals surface area contributed by atoms with Crippen molar-refractivity contribution in [1.82, 2.24) is 9.88 Å². The maximum atomic E-state index is 12.6. The van der Waals surface area contributed by atoms with Crippen LogP contribution in [0.5, 0.6) is 5.88 Å². The van der Waals surface area contributed by atoms with E-state index < -0.39 is 0 Å². The van der Waals surface area contributed by atoms with Crippen LogP contribution in [0.15, 0.2) is 41.2 Å². The molecule has 0 N–H and O–H groups in total. The number of likely N-dealkylation sites (tertiary alicyclic amines) is 1. The Balaban J connectivity index is 1.41. The Labute approximate surface area is 145 Å². The van der Waals surface area contributed by atoms with Crippen LogP contribution in [0.25, 0.3) is 0 Å². The molecule has 0 saturated carbocycles. The van der Waals surface area contributed by atoms with Crippen molar-refractivity contribution in [3.05, 3.63) is 46.8 Å². The Morgan fingerprint density at radius 2 is 2.38 bits per heavy atom. The van der Waals surface area contributed by atoms with Gasteiger partial charge >= 0.3 is 0 Å². The van der Waals surface area contributed by atoms with Crippen molar-refractivity contribution < 1.29 is 14.3 Å². The molecule has 0 bridgehead atoms. The Bertz CT molecular complexity index is 692. The van der Waals surface area contributed by atoms with E-state index in [1.54, 1.807) is 17.5 Å². The highest BCUT2D eigenvalue weighted by Crippen LogP contribution is 2.36. The van der Waals surface area contributed by atoms with Gasteiger partial charge in [0, 0.05) is 30.6 Å². The summed E-state index contributed by atoms with van der Waals surface area (Å²) >= 11 is 1.55. The SMILES string of the molecule is O=C(c1ccsc1)N1CCC[C@]2(C[C@@H](Oc3ccccn3)CO2)C1. The quantitative estimate of drug-likeness (QED) is 0.859. The number of thiophene rings is 1. The molecule has 1 amide bonds. The molecular formula is C18H20N2O3S. The molecule has 2 aromatic rings. The Hall–Kier alpha value is -1.92. The summed E-state index contributed by atoms with van der Waals surface area (Å²) < 4.78 is 12.1. The molecule has 2 fully saturated rings. The second kappa shape index (κ2) is 6.53. The first-order chi connectivity index (χ1) is 11.7. The predicted octanol–water partition coefficient (Wildman–Crippen LogP) is 2.99. The van der Waals surface area contributed by atoms with Gasteiger partial charge in [-0.15, -0.1) is 0 Å². The average Bonchev–Trinajstić information content (AvgIpc) is 3.26. The Kier molecular flexibility index (Phi) is 4.24. The topological polar surface area (TPSA) is 51.7 Å². The highest BCUT2D eigenvalue weighted by Gasteiger charge is 2.45. The maximum Gasteiger partial charge on any atom is 0.254 e. The first kappa shape index (κ1) is 15.6. The second-order valence-corrected chi connectivity index (χ2v) is 7.23. The number of carbonyl (C=O) groups is 1. The van der Waals surface area contributed by atoms with Gasteiger partial charge in [-0.2, -0.15) is 11.3 Å². The molecule has 2 aliphatic rings. The van der Waals surface area contributed by atoms with Crippen molar-refractivity contribution in [1.29, 1.82) is 0 Å². The van der Waals surface area contributed by atoms with Gasteiger partial charge in [0.05, 0.1) is 24.3 Å². The minimum Gasteiger partial charge on any atom is -0.472 e. The van der Waals surface area contributed by atoms with E-state index in [-0.39, 0.29) is 17.6 Å². The molecule has 0 aliphatic carbocycles. The van der Waals surface area contributed by atoms with Gasteiger partial charge in [-0.1, -0.05) is 6.07 Å². The smallest absolute Gasteiger partial charge is 0.254 e. The minimum atomic E-state index is -0.274. The zero-order valence-corrected chi connectivity index (χ0v) is 14.2. The van der Waals surface area contributed by atoms with Crippen LogP contribution in [-0.2, 0) is 4.74 Å². The van der Waals surface area contributed by atoms with Crippen molar-refractivity contribution in [3.63, 3.8) is 0 Å². The molecule has 4 rings (SSSR count). The van der Waals surface area contributed by atoms with E-state index in [0.29, 0.717) is 19.0 Å². The van der Waals surface area contributed by atoms with Gasteiger partial charge in [-0.05, 0) is 30.4 Å². The van der Waals surface area contributed by atoms with E-state index in [1.807, 2.05) is 39.9 Å². The van der Waals surface area contributed by atoms with Crippen LogP contribution in [0.2, 0.25) is 0 Å². The lowest BCUT2D eigenvalue weighted by molar-refractivity contribution is -0.0453. The number of ether oxygens (including phenoxy) is 2. The van der Waals surface area contributed by atoms with Gasteiger partial charge in [0.1, 0.15) is 6.10 Å². The van der Waals surface area contributed by atoms with Gasteiger partial charge in [0.15, 0.2) is 0 Å². The average molecular weight is 344 g/mol. The summed E-state index contributed by atoms with van der Waals surface area (Å²) in [6.07, 6.45) is 4.46. The molecule has 126 valence electrons. The molecule has 4 heterocycles. The summed E-state index contributed by atoms with van der Waals surface area (Å²) in [5.41, 5.74) is 0.500. The number of piperidine rings is 1. The van der Waals surface area contributed by atoms with Crippen LogP contribution in [0.1, 0.15) is 29.6 Å². The lowest BCUT2D eigenvalue weighted by Gasteiger charge is -2.39. The number of amides is 1. The number of carbonyl (C=O) groups excluding carboxylic acids is 1. The summed E-state index contributed by atoms with van der Waals surface area (Å²) in [6, 6.07) is 7.53. The highest BCUT2D eigenvalue weighted by atomic mass is 32.1. The number of aromatic nitrogens is 1. The van der Waals surface area contributed by atoms with E-state index in [4.69, 9.17) is 9.47 Å². The third-order valence-corrected chi connectivity index (χ3v) is 5.38. The molecule has 5 nitrogen and oxygen atoms in total. The first-order valence-electron chi connectivity index (χ1n) is 8.27. The fraction of sp³-hybridized carbons (Fsp3) is 0.444. The number of rotatable bonds is 3. The van der Waals surface area contributed by atoms with Crippen molar-refractivity contribution in [3.8, 4) is 5.88 Å². The van der Waals surface area contributed by atoms with Gasteiger partial charge in [-0.25, -0.2) is 4.98 Å². The minimum absolute atomic E-state index is 0.00361. The van der Waals surface area contributed by atoms with Gasteiger partial charge in [0.25, 0.3) is 5.91 Å². The zero-order chi connectivity index (χ0) is 16.4. The molecule has 2 aromatic heterocycles. The summed E-state index contributed by atoms with van der Waals surface area (Å²) in [7, 11) is 0. The van der Waals surface area contributed by atoms with Crippen LogP contribution in [0.3, 0.4) is 0 Å². The number of hydrogen-bond donors (Lipinski definition) is 0. The van der Waals surface area contributed by atoms with E-state index >= 15 is 0 Å². The lowest BCUT2D eigenvalue weighted by atomic mass is 9.89. The van der Waals surface area contributed by atoms with E-state index in [9.17, 15) is 4.79 Å². The normalized spacial score (nSPS) is 26.7. The fourth-order valence-corrected chi connectivity index (χ4v) is 4.22. The van der Waals surface area contributed by atoms with Crippen molar-refractivity contribution in [2.24, 2.45) is 0 Å². The van der Waals surface area contributed by atoms with Gasteiger partial charge in [-0.3, -0.25) is 4.79 Å². The zero-order valence-electron chi connectivity index (χ0n) is 13.4. The monoisotopic (exact) mass is 344 g/mol. The summed E-state index contributed by atoms with van der Waals surface area (Å²) in [5, 5.41) is 3.85. The van der Waals surface area contributed by atoms with Crippen LogP contribution < -0.4 is 4.74 Å². The van der Waals surface area contributed by atoms with Crippen molar-refractivity contribution in [2.45, 2.75) is 31.0 Å². The number of hydrogen-bond acceptors (Lipinski definition) is 5. The number of nitrogens with zero attached hydrogens (tertiary/aromatic N) is 2. The van der Waals surface area contributed by atoms with Crippen LogP contribution in [0, 0.1) is 0 Å². The van der Waals surface area contributed by atoms with Gasteiger partial charge in [0.2, 0.25) is 5.88 Å². The van der Waals surface area contributed by atoms with Crippen LogP contribution in [-0.4, -0.2) is 47.2 Å². The molecule has 6 heteroatoms. The Morgan fingerprint density at radius 1 is 1.42 bits per heavy atom. The maximum absolute atomic E-state index is 12.6. The Morgan fingerprint density at radius 3 is 3.17 bits per heavy atom. The molecule has 1 spiro atoms. The second-order valence-electron chi connectivity index (χ2n) is 6.45.